The van der Waals surface area contributed by atoms with E-state index in [9.17, 15) is 18.4 Å². The zero-order valence-corrected chi connectivity index (χ0v) is 24.1. The van der Waals surface area contributed by atoms with E-state index in [4.69, 9.17) is 16.3 Å². The molecule has 2 atom stereocenters. The summed E-state index contributed by atoms with van der Waals surface area (Å²) in [4.78, 5) is 35.0. The number of halogens is 4. The molecule has 11 nitrogen and oxygen atoms in total. The van der Waals surface area contributed by atoms with Crippen LogP contribution in [0.1, 0.15) is 17.3 Å². The minimum Gasteiger partial charge on any atom is -0.434 e. The van der Waals surface area contributed by atoms with Crippen LogP contribution in [0.5, 0.6) is 5.75 Å². The molecule has 6 rings (SSSR count). The van der Waals surface area contributed by atoms with Crippen molar-refractivity contribution >= 4 is 47.2 Å². The van der Waals surface area contributed by atoms with Crippen molar-refractivity contribution in [2.45, 2.75) is 20.1 Å². The Kier molecular flexibility index (Phi) is 8.62. The smallest absolute Gasteiger partial charge is 0.387 e. The van der Waals surface area contributed by atoms with Crippen LogP contribution in [-0.4, -0.2) is 85.3 Å². The van der Waals surface area contributed by atoms with Gasteiger partial charge in [-0.1, -0.05) is 18.5 Å². The van der Waals surface area contributed by atoms with Gasteiger partial charge in [-0.15, -0.1) is 12.4 Å². The molecule has 1 aromatic carbocycles. The molecule has 2 unspecified atom stereocenters. The third-order valence-corrected chi connectivity index (χ3v) is 7.84. The number of hydrogen-bond donors (Lipinski definition) is 1. The van der Waals surface area contributed by atoms with E-state index in [2.05, 4.69) is 32.3 Å². The lowest BCUT2D eigenvalue weighted by molar-refractivity contribution is -0.131. The van der Waals surface area contributed by atoms with Crippen molar-refractivity contribution in [3.8, 4) is 17.0 Å². The van der Waals surface area contributed by atoms with Crippen LogP contribution in [0.2, 0.25) is 5.02 Å². The van der Waals surface area contributed by atoms with Crippen LogP contribution in [-0.2, 0) is 11.3 Å². The number of hydrogen-bond acceptors (Lipinski definition) is 7. The van der Waals surface area contributed by atoms with Crippen molar-refractivity contribution in [3.63, 3.8) is 0 Å². The van der Waals surface area contributed by atoms with Gasteiger partial charge in [0.15, 0.2) is 5.65 Å². The summed E-state index contributed by atoms with van der Waals surface area (Å²) in [6.45, 7) is 3.26. The highest BCUT2D eigenvalue weighted by Gasteiger charge is 2.41. The molecule has 2 amide bonds. The molecule has 5 heterocycles. The number of amides is 2. The fourth-order valence-corrected chi connectivity index (χ4v) is 5.82. The van der Waals surface area contributed by atoms with Crippen molar-refractivity contribution in [2.24, 2.45) is 11.8 Å². The summed E-state index contributed by atoms with van der Waals surface area (Å²) < 4.78 is 34.0. The number of alkyl halides is 2. The summed E-state index contributed by atoms with van der Waals surface area (Å²) in [5.74, 6) is 0.0548. The molecule has 4 aromatic rings. The molecular weight excluding hydrogens is 593 g/mol. The number of likely N-dealkylation sites (tertiary alicyclic amines) is 2. The second-order valence-corrected chi connectivity index (χ2v) is 10.6. The van der Waals surface area contributed by atoms with Gasteiger partial charge in [0.25, 0.3) is 5.91 Å². The highest BCUT2D eigenvalue weighted by molar-refractivity contribution is 6.31. The zero-order valence-electron chi connectivity index (χ0n) is 22.5. The van der Waals surface area contributed by atoms with Crippen LogP contribution in [0.4, 0.5) is 14.5 Å². The van der Waals surface area contributed by atoms with Gasteiger partial charge in [-0.2, -0.15) is 19.0 Å². The number of fused-ring (bicyclic) bond motifs is 2. The number of rotatable bonds is 8. The van der Waals surface area contributed by atoms with Gasteiger partial charge in [-0.3, -0.25) is 14.3 Å². The second kappa shape index (κ2) is 12.2. The standard InChI is InChI=1S/C27H27ClF2N8O3.ClH/c1-2-35-10-16-12-36(13-17(16)11-35)23(39)15-37-14-21(33-26(40)20-9-32-38-7-3-6-31-25(20)38)24(34-37)19-8-18(28)4-5-22(19)41-27(29)30;/h3-9,14,16-17,27H,2,10-13,15H2,1H3,(H,33,40);1H. The largest absolute Gasteiger partial charge is 0.434 e. The number of nitrogens with one attached hydrogen (secondary N) is 1. The van der Waals surface area contributed by atoms with E-state index in [0.717, 1.165) is 19.6 Å². The lowest BCUT2D eigenvalue weighted by Crippen LogP contribution is -2.35. The summed E-state index contributed by atoms with van der Waals surface area (Å²) in [7, 11) is 0. The van der Waals surface area contributed by atoms with Crippen LogP contribution in [0.25, 0.3) is 16.9 Å². The maximum Gasteiger partial charge on any atom is 0.387 e. The molecule has 0 radical (unpaired) electrons. The number of anilines is 1. The first kappa shape index (κ1) is 29.7. The third-order valence-electron chi connectivity index (χ3n) is 7.61. The average Bonchev–Trinajstić information content (AvgIpc) is 3.71. The van der Waals surface area contributed by atoms with E-state index in [-0.39, 0.29) is 58.1 Å². The van der Waals surface area contributed by atoms with Crippen molar-refractivity contribution in [1.82, 2.24) is 34.2 Å². The Bertz CT molecular complexity index is 1600. The number of aromatic nitrogens is 5. The van der Waals surface area contributed by atoms with Crippen LogP contribution < -0.4 is 10.1 Å². The highest BCUT2D eigenvalue weighted by Crippen LogP contribution is 2.37. The SMILES string of the molecule is CCN1CC2CN(C(=O)Cn3cc(NC(=O)c4cnn5cccnc45)c(-c4cc(Cl)ccc4OC(F)F)n3)CC2C1.Cl. The van der Waals surface area contributed by atoms with Crippen molar-refractivity contribution in [1.29, 1.82) is 0 Å². The molecule has 0 bridgehead atoms. The highest BCUT2D eigenvalue weighted by atomic mass is 35.5. The number of carbonyl (C=O) groups excluding carboxylic acids is 2. The van der Waals surface area contributed by atoms with E-state index < -0.39 is 12.5 Å². The quantitative estimate of drug-likeness (QED) is 0.318. The fourth-order valence-electron chi connectivity index (χ4n) is 5.65. The minimum atomic E-state index is -3.10. The number of benzene rings is 1. The predicted octanol–water partition coefficient (Wildman–Crippen LogP) is 3.93. The van der Waals surface area contributed by atoms with Crippen molar-refractivity contribution in [2.75, 3.05) is 38.0 Å². The van der Waals surface area contributed by atoms with Crippen molar-refractivity contribution in [3.05, 3.63) is 59.6 Å². The van der Waals surface area contributed by atoms with E-state index in [1.54, 1.807) is 12.3 Å². The first-order chi connectivity index (χ1) is 19.8. The van der Waals surface area contributed by atoms with Gasteiger partial charge >= 0.3 is 6.61 Å². The van der Waals surface area contributed by atoms with Crippen LogP contribution in [0.3, 0.4) is 0 Å². The maximum atomic E-state index is 13.3. The molecule has 1 N–H and O–H groups in total. The molecule has 0 aliphatic carbocycles. The van der Waals surface area contributed by atoms with E-state index in [1.165, 1.54) is 46.0 Å². The number of carbonyl (C=O) groups is 2. The molecule has 2 aliphatic heterocycles. The first-order valence-electron chi connectivity index (χ1n) is 13.2. The lowest BCUT2D eigenvalue weighted by atomic mass is 10.0. The van der Waals surface area contributed by atoms with Gasteiger partial charge in [-0.25, -0.2) is 9.50 Å². The molecule has 15 heteroatoms. The second-order valence-electron chi connectivity index (χ2n) is 10.2. The molecule has 0 spiro atoms. The summed E-state index contributed by atoms with van der Waals surface area (Å²) >= 11 is 6.20. The van der Waals surface area contributed by atoms with E-state index in [0.29, 0.717) is 30.6 Å². The Balaban J connectivity index is 0.00000353. The summed E-state index contributed by atoms with van der Waals surface area (Å²) in [5, 5.41) is 11.7. The molecule has 2 saturated heterocycles. The predicted molar refractivity (Wildman–Crippen MR) is 153 cm³/mol. The van der Waals surface area contributed by atoms with Crippen LogP contribution >= 0.6 is 24.0 Å². The summed E-state index contributed by atoms with van der Waals surface area (Å²) in [6.07, 6.45) is 6.06. The number of nitrogens with zero attached hydrogens (tertiary/aromatic N) is 7. The lowest BCUT2D eigenvalue weighted by Gasteiger charge is -2.20. The Morgan fingerprint density at radius 1 is 1.19 bits per heavy atom. The van der Waals surface area contributed by atoms with E-state index in [1.807, 2.05) is 4.90 Å². The molecule has 222 valence electrons. The Hall–Kier alpha value is -3.81. The zero-order chi connectivity index (χ0) is 28.7. The average molecular weight is 621 g/mol. The van der Waals surface area contributed by atoms with Gasteiger partial charge in [0.05, 0.1) is 11.9 Å². The van der Waals surface area contributed by atoms with Crippen LogP contribution in [0, 0.1) is 11.8 Å². The summed E-state index contributed by atoms with van der Waals surface area (Å²) in [6, 6.07) is 5.81. The topological polar surface area (TPSA) is 110 Å². The van der Waals surface area contributed by atoms with Gasteiger partial charge < -0.3 is 19.9 Å². The van der Waals surface area contributed by atoms with E-state index >= 15 is 0 Å². The van der Waals surface area contributed by atoms with Crippen LogP contribution in [0.15, 0.2) is 49.1 Å². The Morgan fingerprint density at radius 2 is 1.95 bits per heavy atom. The number of ether oxygens (including phenoxy) is 1. The van der Waals surface area contributed by atoms with Gasteiger partial charge in [0.2, 0.25) is 5.91 Å². The minimum absolute atomic E-state index is 0. The molecule has 0 saturated carbocycles. The van der Waals surface area contributed by atoms with Crippen molar-refractivity contribution < 1.29 is 23.1 Å². The van der Waals surface area contributed by atoms with Gasteiger partial charge in [0, 0.05) is 55.4 Å². The maximum absolute atomic E-state index is 13.3. The monoisotopic (exact) mass is 620 g/mol. The Morgan fingerprint density at radius 3 is 2.67 bits per heavy atom. The molecular formula is C27H28Cl2F2N8O3. The van der Waals surface area contributed by atoms with Gasteiger partial charge in [0.1, 0.15) is 23.6 Å². The van der Waals surface area contributed by atoms with Gasteiger partial charge in [-0.05, 0) is 42.6 Å². The molecule has 3 aromatic heterocycles. The first-order valence-corrected chi connectivity index (χ1v) is 13.6. The third kappa shape index (κ3) is 5.90. The molecule has 2 aliphatic rings. The summed E-state index contributed by atoms with van der Waals surface area (Å²) in [5.41, 5.74) is 0.953. The fraction of sp³-hybridized carbons (Fsp3) is 0.370. The molecule has 42 heavy (non-hydrogen) atoms. The normalized spacial score (nSPS) is 18.4. The molecule has 2 fully saturated rings. The Labute approximate surface area is 250 Å².